The predicted octanol–water partition coefficient (Wildman–Crippen LogP) is 4.09. The summed E-state index contributed by atoms with van der Waals surface area (Å²) in [4.78, 5) is 16.3. The molecule has 0 atom stereocenters. The van der Waals surface area contributed by atoms with E-state index in [9.17, 15) is 4.79 Å². The van der Waals surface area contributed by atoms with Crippen molar-refractivity contribution in [3.05, 3.63) is 64.3 Å². The summed E-state index contributed by atoms with van der Waals surface area (Å²) < 4.78 is 15.7. The number of rotatable bonds is 5. The van der Waals surface area contributed by atoms with Crippen LogP contribution in [0.2, 0.25) is 5.02 Å². The SMILES string of the molecule is CCOc1ccc(/C=C2/N=C(c3ccc(OC)cc3Cl)OC2=O)cc1. The fraction of sp³-hybridized carbons (Fsp3) is 0.158. The zero-order valence-corrected chi connectivity index (χ0v) is 14.5. The lowest BCUT2D eigenvalue weighted by Crippen LogP contribution is -2.06. The van der Waals surface area contributed by atoms with Gasteiger partial charge >= 0.3 is 5.97 Å². The molecule has 0 N–H and O–H groups in total. The van der Waals surface area contributed by atoms with E-state index in [0.717, 1.165) is 11.3 Å². The van der Waals surface area contributed by atoms with E-state index in [1.165, 1.54) is 0 Å². The number of cyclic esters (lactones) is 1. The third-order valence-corrected chi connectivity index (χ3v) is 3.83. The van der Waals surface area contributed by atoms with E-state index in [4.69, 9.17) is 25.8 Å². The zero-order valence-electron chi connectivity index (χ0n) is 13.8. The molecule has 25 heavy (non-hydrogen) atoms. The Bertz CT molecular complexity index is 856. The fourth-order valence-electron chi connectivity index (χ4n) is 2.31. The number of halogens is 1. The van der Waals surface area contributed by atoms with Crippen LogP contribution in [0.15, 0.2) is 53.2 Å². The molecule has 0 saturated heterocycles. The van der Waals surface area contributed by atoms with Gasteiger partial charge in [0.05, 0.1) is 24.3 Å². The molecule has 0 fully saturated rings. The van der Waals surface area contributed by atoms with Crippen molar-refractivity contribution in [1.82, 2.24) is 0 Å². The molecule has 1 heterocycles. The minimum atomic E-state index is -0.518. The van der Waals surface area contributed by atoms with Crippen molar-refractivity contribution >= 4 is 29.5 Å². The Kier molecular flexibility index (Phi) is 5.05. The number of nitrogens with zero attached hydrogens (tertiary/aromatic N) is 1. The first-order valence-electron chi connectivity index (χ1n) is 7.70. The second-order valence-electron chi connectivity index (χ2n) is 5.18. The summed E-state index contributed by atoms with van der Waals surface area (Å²) in [5, 5.41) is 0.396. The largest absolute Gasteiger partial charge is 0.497 e. The van der Waals surface area contributed by atoms with E-state index >= 15 is 0 Å². The van der Waals surface area contributed by atoms with Gasteiger partial charge in [0.1, 0.15) is 11.5 Å². The molecule has 3 rings (SSSR count). The highest BCUT2D eigenvalue weighted by Gasteiger charge is 2.25. The van der Waals surface area contributed by atoms with Gasteiger partial charge in [-0.05, 0) is 48.9 Å². The molecule has 5 nitrogen and oxygen atoms in total. The summed E-state index contributed by atoms with van der Waals surface area (Å²) in [6.07, 6.45) is 1.66. The first-order chi connectivity index (χ1) is 12.1. The summed E-state index contributed by atoms with van der Waals surface area (Å²) in [6, 6.07) is 12.4. The lowest BCUT2D eigenvalue weighted by molar-refractivity contribution is -0.129. The lowest BCUT2D eigenvalue weighted by atomic mass is 10.2. The van der Waals surface area contributed by atoms with E-state index < -0.39 is 5.97 Å². The molecule has 2 aromatic carbocycles. The van der Waals surface area contributed by atoms with Gasteiger partial charge in [-0.3, -0.25) is 0 Å². The molecule has 0 saturated carbocycles. The number of ether oxygens (including phenoxy) is 3. The first-order valence-corrected chi connectivity index (χ1v) is 8.08. The Morgan fingerprint density at radius 1 is 1.16 bits per heavy atom. The van der Waals surface area contributed by atoms with Crippen LogP contribution in [0.4, 0.5) is 0 Å². The van der Waals surface area contributed by atoms with Crippen LogP contribution in [0.3, 0.4) is 0 Å². The summed E-state index contributed by atoms with van der Waals surface area (Å²) in [5.74, 6) is 1.04. The molecule has 1 aliphatic rings. The Morgan fingerprint density at radius 3 is 2.52 bits per heavy atom. The minimum Gasteiger partial charge on any atom is -0.497 e. The number of carbonyl (C=O) groups excluding carboxylic acids is 1. The van der Waals surface area contributed by atoms with Crippen molar-refractivity contribution in [3.8, 4) is 11.5 Å². The number of methoxy groups -OCH3 is 1. The quantitative estimate of drug-likeness (QED) is 0.597. The van der Waals surface area contributed by atoms with E-state index in [-0.39, 0.29) is 11.6 Å². The maximum Gasteiger partial charge on any atom is 0.363 e. The molecular weight excluding hydrogens is 342 g/mol. The number of aliphatic imine (C=N–C) groups is 1. The zero-order chi connectivity index (χ0) is 17.8. The van der Waals surface area contributed by atoms with E-state index in [0.29, 0.717) is 22.9 Å². The number of benzene rings is 2. The summed E-state index contributed by atoms with van der Waals surface area (Å²) >= 11 is 6.21. The van der Waals surface area contributed by atoms with Gasteiger partial charge in [-0.2, -0.15) is 0 Å². The maximum atomic E-state index is 12.1. The highest BCUT2D eigenvalue weighted by molar-refractivity contribution is 6.34. The third kappa shape index (κ3) is 3.83. The molecule has 1 aliphatic heterocycles. The molecule has 128 valence electrons. The number of esters is 1. The highest BCUT2D eigenvalue weighted by atomic mass is 35.5. The van der Waals surface area contributed by atoms with Gasteiger partial charge in [0.2, 0.25) is 5.90 Å². The Balaban J connectivity index is 1.87. The Hall–Kier alpha value is -2.79. The fourth-order valence-corrected chi connectivity index (χ4v) is 2.56. The second kappa shape index (κ2) is 7.40. The number of carbonyl (C=O) groups is 1. The van der Waals surface area contributed by atoms with Crippen LogP contribution < -0.4 is 9.47 Å². The average molecular weight is 358 g/mol. The smallest absolute Gasteiger partial charge is 0.363 e. The van der Waals surface area contributed by atoms with Crippen LogP contribution in [0.1, 0.15) is 18.1 Å². The van der Waals surface area contributed by atoms with E-state index in [1.54, 1.807) is 31.4 Å². The van der Waals surface area contributed by atoms with Gasteiger partial charge in [-0.1, -0.05) is 23.7 Å². The van der Waals surface area contributed by atoms with Gasteiger partial charge in [0.15, 0.2) is 5.70 Å². The molecule has 0 bridgehead atoms. The number of hydrogen-bond donors (Lipinski definition) is 0. The molecule has 2 aromatic rings. The normalized spacial score (nSPS) is 15.1. The Morgan fingerprint density at radius 2 is 1.88 bits per heavy atom. The van der Waals surface area contributed by atoms with Crippen LogP contribution in [0, 0.1) is 0 Å². The van der Waals surface area contributed by atoms with Gasteiger partial charge in [0.25, 0.3) is 0 Å². The van der Waals surface area contributed by atoms with Crippen LogP contribution >= 0.6 is 11.6 Å². The van der Waals surface area contributed by atoms with Gasteiger partial charge < -0.3 is 14.2 Å². The lowest BCUT2D eigenvalue weighted by Gasteiger charge is -2.05. The summed E-state index contributed by atoms with van der Waals surface area (Å²) in [6.45, 7) is 2.52. The van der Waals surface area contributed by atoms with Gasteiger partial charge in [0, 0.05) is 0 Å². The molecule has 0 radical (unpaired) electrons. The maximum absolute atomic E-state index is 12.1. The molecule has 0 amide bonds. The van der Waals surface area contributed by atoms with Crippen molar-refractivity contribution in [3.63, 3.8) is 0 Å². The van der Waals surface area contributed by atoms with Crippen molar-refractivity contribution in [2.45, 2.75) is 6.92 Å². The molecule has 0 aromatic heterocycles. The van der Waals surface area contributed by atoms with E-state index in [2.05, 4.69) is 4.99 Å². The van der Waals surface area contributed by atoms with Crippen molar-refractivity contribution < 1.29 is 19.0 Å². The van der Waals surface area contributed by atoms with Crippen molar-refractivity contribution in [2.75, 3.05) is 13.7 Å². The molecule has 6 heteroatoms. The molecular formula is C19H16ClNO4. The second-order valence-corrected chi connectivity index (χ2v) is 5.59. The monoisotopic (exact) mass is 357 g/mol. The van der Waals surface area contributed by atoms with Crippen molar-refractivity contribution in [2.24, 2.45) is 4.99 Å². The molecule has 0 unspecified atom stereocenters. The summed E-state index contributed by atoms with van der Waals surface area (Å²) in [7, 11) is 1.55. The van der Waals surface area contributed by atoms with Gasteiger partial charge in [-0.15, -0.1) is 0 Å². The molecule has 0 aliphatic carbocycles. The van der Waals surface area contributed by atoms with Crippen LogP contribution in [-0.4, -0.2) is 25.6 Å². The average Bonchev–Trinajstić information content (AvgIpc) is 2.97. The van der Waals surface area contributed by atoms with E-state index in [1.807, 2.05) is 31.2 Å². The van der Waals surface area contributed by atoms with Crippen molar-refractivity contribution in [1.29, 1.82) is 0 Å². The van der Waals surface area contributed by atoms with Crippen LogP contribution in [0.5, 0.6) is 11.5 Å². The Labute approximate surface area is 150 Å². The van der Waals surface area contributed by atoms with Crippen LogP contribution in [-0.2, 0) is 9.53 Å². The number of hydrogen-bond acceptors (Lipinski definition) is 5. The standard InChI is InChI=1S/C19H16ClNO4/c1-3-24-13-6-4-12(5-7-13)10-17-19(22)25-18(21-17)15-9-8-14(23-2)11-16(15)20/h4-11H,3H2,1-2H3/b17-10+. The van der Waals surface area contributed by atoms with Crippen LogP contribution in [0.25, 0.3) is 6.08 Å². The highest BCUT2D eigenvalue weighted by Crippen LogP contribution is 2.27. The first kappa shape index (κ1) is 17.0. The minimum absolute atomic E-state index is 0.176. The topological polar surface area (TPSA) is 57.1 Å². The molecule has 0 spiro atoms. The third-order valence-electron chi connectivity index (χ3n) is 3.52. The summed E-state index contributed by atoms with van der Waals surface area (Å²) in [5.41, 5.74) is 1.57. The predicted molar refractivity (Wildman–Crippen MR) is 96.2 cm³/mol. The van der Waals surface area contributed by atoms with Gasteiger partial charge in [-0.25, -0.2) is 9.79 Å².